The fourth-order valence-corrected chi connectivity index (χ4v) is 4.17. The third kappa shape index (κ3) is 3.58. The lowest BCUT2D eigenvalue weighted by atomic mass is 9.54. The molecule has 0 aliphatic heterocycles. The SMILES string of the molecule is C/C=C(/C)C(=O)O[C@H]1CC[C@]2(C)CC(=O)C(C(C)(C)O)=C[C@H]2[C@]1(C)O. The Morgan fingerprint density at radius 2 is 2.00 bits per heavy atom. The van der Waals surface area contributed by atoms with Crippen LogP contribution in [0.3, 0.4) is 0 Å². The van der Waals surface area contributed by atoms with Gasteiger partial charge in [-0.1, -0.05) is 19.1 Å². The Kier molecular flexibility index (Phi) is 5.05. The van der Waals surface area contributed by atoms with Crippen molar-refractivity contribution < 1.29 is 24.5 Å². The highest BCUT2D eigenvalue weighted by Crippen LogP contribution is 2.53. The van der Waals surface area contributed by atoms with Crippen molar-refractivity contribution in [2.24, 2.45) is 11.3 Å². The third-order valence-corrected chi connectivity index (χ3v) is 5.87. The van der Waals surface area contributed by atoms with Crippen molar-refractivity contribution in [3.8, 4) is 0 Å². The Balaban J connectivity index is 2.39. The molecule has 140 valence electrons. The van der Waals surface area contributed by atoms with Crippen molar-refractivity contribution in [2.75, 3.05) is 0 Å². The number of esters is 1. The molecule has 0 unspecified atom stereocenters. The molecular formula is C20H30O5. The summed E-state index contributed by atoms with van der Waals surface area (Å²) >= 11 is 0. The van der Waals surface area contributed by atoms with Gasteiger partial charge in [-0.2, -0.15) is 0 Å². The molecule has 1 saturated carbocycles. The van der Waals surface area contributed by atoms with E-state index < -0.39 is 28.7 Å². The lowest BCUT2D eigenvalue weighted by molar-refractivity contribution is -0.188. The minimum absolute atomic E-state index is 0.0812. The van der Waals surface area contributed by atoms with Crippen LogP contribution in [-0.4, -0.2) is 39.3 Å². The van der Waals surface area contributed by atoms with Gasteiger partial charge in [0.25, 0.3) is 0 Å². The molecule has 0 aromatic carbocycles. The Bertz CT molecular complexity index is 635. The van der Waals surface area contributed by atoms with Gasteiger partial charge in [-0.25, -0.2) is 4.79 Å². The third-order valence-electron chi connectivity index (χ3n) is 5.87. The molecule has 2 N–H and O–H groups in total. The molecule has 5 heteroatoms. The van der Waals surface area contributed by atoms with Gasteiger partial charge in [-0.3, -0.25) is 4.79 Å². The van der Waals surface area contributed by atoms with E-state index in [1.54, 1.807) is 46.8 Å². The number of aliphatic hydroxyl groups is 2. The lowest BCUT2D eigenvalue weighted by Crippen LogP contribution is -2.59. The molecule has 0 aromatic rings. The Labute approximate surface area is 149 Å². The van der Waals surface area contributed by atoms with Crippen molar-refractivity contribution in [3.05, 3.63) is 23.3 Å². The summed E-state index contributed by atoms with van der Waals surface area (Å²) in [5.74, 6) is -0.895. The highest BCUT2D eigenvalue weighted by Gasteiger charge is 2.56. The van der Waals surface area contributed by atoms with Gasteiger partial charge in [0.15, 0.2) is 5.78 Å². The normalized spacial score (nSPS) is 36.6. The van der Waals surface area contributed by atoms with Gasteiger partial charge >= 0.3 is 5.97 Å². The molecule has 0 spiro atoms. The molecular weight excluding hydrogens is 320 g/mol. The number of fused-ring (bicyclic) bond motifs is 1. The summed E-state index contributed by atoms with van der Waals surface area (Å²) in [7, 11) is 0. The first kappa shape index (κ1) is 19.9. The molecule has 1 fully saturated rings. The van der Waals surface area contributed by atoms with E-state index in [1.165, 1.54) is 0 Å². The maximum absolute atomic E-state index is 12.5. The van der Waals surface area contributed by atoms with Crippen molar-refractivity contribution in [1.29, 1.82) is 0 Å². The lowest BCUT2D eigenvalue weighted by Gasteiger charge is -2.53. The molecule has 25 heavy (non-hydrogen) atoms. The molecule has 2 rings (SSSR count). The zero-order valence-electron chi connectivity index (χ0n) is 16.0. The Morgan fingerprint density at radius 3 is 2.52 bits per heavy atom. The fourth-order valence-electron chi connectivity index (χ4n) is 4.17. The summed E-state index contributed by atoms with van der Waals surface area (Å²) in [4.78, 5) is 24.6. The number of ether oxygens (including phenoxy) is 1. The van der Waals surface area contributed by atoms with Crippen LogP contribution in [0.2, 0.25) is 0 Å². The monoisotopic (exact) mass is 350 g/mol. The quantitative estimate of drug-likeness (QED) is 0.604. The summed E-state index contributed by atoms with van der Waals surface area (Å²) in [5.41, 5.74) is -2.16. The Hall–Kier alpha value is -1.46. The highest BCUT2D eigenvalue weighted by atomic mass is 16.6. The second-order valence-electron chi connectivity index (χ2n) is 8.50. The van der Waals surface area contributed by atoms with E-state index in [4.69, 9.17) is 4.74 Å². The second kappa shape index (κ2) is 6.36. The number of hydrogen-bond donors (Lipinski definition) is 2. The topological polar surface area (TPSA) is 83.8 Å². The average Bonchev–Trinajstić information content (AvgIpc) is 2.47. The molecule has 0 saturated heterocycles. The molecule has 0 bridgehead atoms. The minimum atomic E-state index is -1.31. The van der Waals surface area contributed by atoms with Gasteiger partial charge in [0, 0.05) is 23.5 Å². The van der Waals surface area contributed by atoms with Crippen LogP contribution in [0.5, 0.6) is 0 Å². The van der Waals surface area contributed by atoms with Gasteiger partial charge in [0.2, 0.25) is 0 Å². The van der Waals surface area contributed by atoms with Crippen LogP contribution < -0.4 is 0 Å². The molecule has 2 aliphatic carbocycles. The van der Waals surface area contributed by atoms with Crippen LogP contribution in [0.1, 0.15) is 60.8 Å². The summed E-state index contributed by atoms with van der Waals surface area (Å²) in [6.45, 7) is 10.2. The average molecular weight is 350 g/mol. The van der Waals surface area contributed by atoms with Crippen LogP contribution in [-0.2, 0) is 14.3 Å². The number of rotatable bonds is 3. The fraction of sp³-hybridized carbons (Fsp3) is 0.700. The first-order chi connectivity index (χ1) is 11.3. The maximum Gasteiger partial charge on any atom is 0.333 e. The van der Waals surface area contributed by atoms with E-state index in [0.29, 0.717) is 24.0 Å². The number of hydrogen-bond acceptors (Lipinski definition) is 5. The van der Waals surface area contributed by atoms with E-state index >= 15 is 0 Å². The number of ketones is 1. The molecule has 0 amide bonds. The van der Waals surface area contributed by atoms with Gasteiger partial charge in [-0.05, 0) is 52.9 Å². The molecule has 0 aromatic heterocycles. The van der Waals surface area contributed by atoms with Crippen molar-refractivity contribution >= 4 is 11.8 Å². The molecule has 5 nitrogen and oxygen atoms in total. The Morgan fingerprint density at radius 1 is 1.40 bits per heavy atom. The summed E-state index contributed by atoms with van der Waals surface area (Å²) in [6, 6.07) is 0. The first-order valence-corrected chi connectivity index (χ1v) is 8.87. The van der Waals surface area contributed by atoms with Gasteiger partial charge in [-0.15, -0.1) is 0 Å². The molecule has 4 atom stereocenters. The van der Waals surface area contributed by atoms with Crippen LogP contribution >= 0.6 is 0 Å². The standard InChI is InChI=1S/C20H30O5/c1-7-12(2)17(22)25-16-8-9-19(5)11-14(21)13(18(3,4)23)10-15(19)20(16,6)24/h7,10,15-16,23-24H,8-9,11H2,1-6H3/b12-7-/t15-,16+,19-,20+/m1/s1. The van der Waals surface area contributed by atoms with E-state index in [9.17, 15) is 19.8 Å². The predicted octanol–water partition coefficient (Wildman–Crippen LogP) is 2.70. The summed E-state index contributed by atoms with van der Waals surface area (Å²) in [6.07, 6.45) is 4.17. The van der Waals surface area contributed by atoms with Gasteiger partial charge < -0.3 is 14.9 Å². The number of allylic oxidation sites excluding steroid dienone is 1. The largest absolute Gasteiger partial charge is 0.456 e. The summed E-state index contributed by atoms with van der Waals surface area (Å²) < 4.78 is 5.57. The van der Waals surface area contributed by atoms with Crippen LogP contribution in [0, 0.1) is 11.3 Å². The molecule has 2 aliphatic rings. The van der Waals surface area contributed by atoms with E-state index in [0.717, 1.165) is 0 Å². The zero-order chi connectivity index (χ0) is 19.2. The van der Waals surface area contributed by atoms with Crippen LogP contribution in [0.4, 0.5) is 0 Å². The van der Waals surface area contributed by atoms with Crippen LogP contribution in [0.25, 0.3) is 0 Å². The number of carbonyl (C=O) groups is 2. The van der Waals surface area contributed by atoms with Crippen molar-refractivity contribution in [3.63, 3.8) is 0 Å². The first-order valence-electron chi connectivity index (χ1n) is 8.87. The predicted molar refractivity (Wildman–Crippen MR) is 94.8 cm³/mol. The molecule has 0 radical (unpaired) electrons. The second-order valence-corrected chi connectivity index (χ2v) is 8.50. The number of Topliss-reactive ketones (excluding diaryl/α,β-unsaturated/α-hetero) is 1. The highest BCUT2D eigenvalue weighted by molar-refractivity contribution is 5.98. The smallest absolute Gasteiger partial charge is 0.333 e. The zero-order valence-corrected chi connectivity index (χ0v) is 16.0. The van der Waals surface area contributed by atoms with Crippen LogP contribution in [0.15, 0.2) is 23.3 Å². The molecule has 0 heterocycles. The summed E-state index contributed by atoms with van der Waals surface area (Å²) in [5, 5.41) is 21.5. The van der Waals surface area contributed by atoms with E-state index in [-0.39, 0.29) is 18.1 Å². The van der Waals surface area contributed by atoms with Gasteiger partial charge in [0.05, 0.1) is 5.60 Å². The number of carbonyl (C=O) groups excluding carboxylic acids is 2. The maximum atomic E-state index is 12.5. The van der Waals surface area contributed by atoms with E-state index in [2.05, 4.69) is 0 Å². The van der Waals surface area contributed by atoms with Crippen molar-refractivity contribution in [1.82, 2.24) is 0 Å². The van der Waals surface area contributed by atoms with E-state index in [1.807, 2.05) is 6.92 Å². The van der Waals surface area contributed by atoms with Gasteiger partial charge in [0.1, 0.15) is 11.7 Å². The van der Waals surface area contributed by atoms with Crippen molar-refractivity contribution in [2.45, 2.75) is 78.1 Å². The minimum Gasteiger partial charge on any atom is -0.456 e.